The van der Waals surface area contributed by atoms with E-state index in [0.29, 0.717) is 11.7 Å². The fourth-order valence-electron chi connectivity index (χ4n) is 1.21. The van der Waals surface area contributed by atoms with Crippen molar-refractivity contribution in [1.29, 1.82) is 0 Å². The quantitative estimate of drug-likeness (QED) is 0.586. The Morgan fingerprint density at radius 1 is 1.40 bits per heavy atom. The molecule has 0 heterocycles. The van der Waals surface area contributed by atoms with E-state index in [-0.39, 0.29) is 18.2 Å². The van der Waals surface area contributed by atoms with Gasteiger partial charge in [0.15, 0.2) is 6.61 Å². The van der Waals surface area contributed by atoms with E-state index in [1.54, 1.807) is 6.20 Å². The second-order valence-corrected chi connectivity index (χ2v) is 4.34. The highest BCUT2D eigenvalue weighted by molar-refractivity contribution is 5.77. The Morgan fingerprint density at radius 3 is 2.60 bits per heavy atom. The van der Waals surface area contributed by atoms with Crippen molar-refractivity contribution in [2.24, 2.45) is 5.92 Å². The summed E-state index contributed by atoms with van der Waals surface area (Å²) in [6.07, 6.45) is 3.52. The number of nitrogens with one attached hydrogen (secondary N) is 2. The van der Waals surface area contributed by atoms with Crippen LogP contribution in [0, 0.1) is 16.0 Å². The van der Waals surface area contributed by atoms with E-state index in [4.69, 9.17) is 4.74 Å². The van der Waals surface area contributed by atoms with Gasteiger partial charge < -0.3 is 10.2 Å². The summed E-state index contributed by atoms with van der Waals surface area (Å²) in [6.45, 7) is 3.84. The minimum atomic E-state index is -0.499. The van der Waals surface area contributed by atoms with Crippen LogP contribution < -0.4 is 15.6 Å². The van der Waals surface area contributed by atoms with Crippen molar-refractivity contribution in [3.05, 3.63) is 46.7 Å². The van der Waals surface area contributed by atoms with E-state index in [2.05, 4.69) is 10.9 Å². The van der Waals surface area contributed by atoms with Crippen molar-refractivity contribution in [2.45, 2.75) is 13.8 Å². The number of nitro benzene ring substituents is 1. The van der Waals surface area contributed by atoms with Crippen LogP contribution in [0.15, 0.2) is 36.5 Å². The summed E-state index contributed by atoms with van der Waals surface area (Å²) in [4.78, 5) is 21.4. The van der Waals surface area contributed by atoms with E-state index in [9.17, 15) is 14.9 Å². The molecule has 0 saturated heterocycles. The number of rotatable bonds is 7. The molecule has 7 nitrogen and oxygen atoms in total. The Balaban J connectivity index is 2.32. The van der Waals surface area contributed by atoms with Crippen LogP contribution in [-0.2, 0) is 4.79 Å². The molecule has 0 spiro atoms. The smallest absolute Gasteiger partial charge is 0.276 e. The molecule has 1 aromatic carbocycles. The van der Waals surface area contributed by atoms with E-state index >= 15 is 0 Å². The van der Waals surface area contributed by atoms with E-state index in [0.717, 1.165) is 0 Å². The lowest BCUT2D eigenvalue weighted by Crippen LogP contribution is -2.37. The van der Waals surface area contributed by atoms with Crippen LogP contribution in [-0.4, -0.2) is 17.4 Å². The number of allylic oxidation sites excluding steroid dienone is 1. The highest BCUT2D eigenvalue weighted by Crippen LogP contribution is 2.16. The largest absolute Gasteiger partial charge is 0.484 e. The molecule has 7 heteroatoms. The van der Waals surface area contributed by atoms with Gasteiger partial charge in [-0.15, -0.1) is 0 Å². The molecule has 0 aliphatic rings. The zero-order valence-corrected chi connectivity index (χ0v) is 11.3. The van der Waals surface area contributed by atoms with Crippen molar-refractivity contribution >= 4 is 11.6 Å². The molecule has 1 rings (SSSR count). The maximum Gasteiger partial charge on any atom is 0.276 e. The maximum absolute atomic E-state index is 11.4. The molecule has 0 saturated carbocycles. The van der Waals surface area contributed by atoms with Crippen LogP contribution in [0.25, 0.3) is 0 Å². The van der Waals surface area contributed by atoms with Crippen molar-refractivity contribution in [1.82, 2.24) is 10.9 Å². The van der Waals surface area contributed by atoms with Crippen molar-refractivity contribution in [2.75, 3.05) is 6.61 Å². The second kappa shape index (κ2) is 7.78. The lowest BCUT2D eigenvalue weighted by atomic mass is 10.2. The molecule has 1 amide bonds. The summed E-state index contributed by atoms with van der Waals surface area (Å²) in [7, 11) is 0. The minimum Gasteiger partial charge on any atom is -0.484 e. The van der Waals surface area contributed by atoms with Gasteiger partial charge in [0.25, 0.3) is 11.6 Å². The standard InChI is InChI=1S/C13H17N3O4/c1-10(2)7-8-14-15-13(17)9-20-12-5-3-11(4-6-12)16(18)19/h3-8,10,14H,9H2,1-2H3,(H,15,17)/b8-7-. The third-order valence-electron chi connectivity index (χ3n) is 2.19. The topological polar surface area (TPSA) is 93.5 Å². The molecule has 0 radical (unpaired) electrons. The van der Waals surface area contributed by atoms with Gasteiger partial charge in [0.2, 0.25) is 0 Å². The van der Waals surface area contributed by atoms with Gasteiger partial charge in [-0.3, -0.25) is 20.3 Å². The molecule has 0 unspecified atom stereocenters. The maximum atomic E-state index is 11.4. The van der Waals surface area contributed by atoms with E-state index in [1.165, 1.54) is 24.3 Å². The molecule has 2 N–H and O–H groups in total. The first kappa shape index (κ1) is 15.5. The number of carbonyl (C=O) groups is 1. The fraction of sp³-hybridized carbons (Fsp3) is 0.308. The van der Waals surface area contributed by atoms with E-state index < -0.39 is 4.92 Å². The van der Waals surface area contributed by atoms with Gasteiger partial charge in [0.05, 0.1) is 4.92 Å². The first-order valence-electron chi connectivity index (χ1n) is 6.07. The Morgan fingerprint density at radius 2 is 2.05 bits per heavy atom. The number of hydrazine groups is 1. The zero-order valence-electron chi connectivity index (χ0n) is 11.3. The fourth-order valence-corrected chi connectivity index (χ4v) is 1.21. The lowest BCUT2D eigenvalue weighted by molar-refractivity contribution is -0.384. The monoisotopic (exact) mass is 279 g/mol. The first-order chi connectivity index (χ1) is 9.49. The molecule has 1 aromatic rings. The molecule has 0 bridgehead atoms. The summed E-state index contributed by atoms with van der Waals surface area (Å²) in [5.74, 6) is 0.427. The number of carbonyl (C=O) groups excluding carboxylic acids is 1. The third-order valence-corrected chi connectivity index (χ3v) is 2.19. The number of amides is 1. The number of hydrogen-bond acceptors (Lipinski definition) is 5. The Kier molecular flexibility index (Phi) is 6.02. The van der Waals surface area contributed by atoms with Crippen molar-refractivity contribution in [3.8, 4) is 5.75 Å². The van der Waals surface area contributed by atoms with Gasteiger partial charge in [-0.2, -0.15) is 0 Å². The average Bonchev–Trinajstić information content (AvgIpc) is 2.41. The minimum absolute atomic E-state index is 0.0257. The molecule has 108 valence electrons. The summed E-state index contributed by atoms with van der Waals surface area (Å²) in [5, 5.41) is 10.5. The van der Waals surface area contributed by atoms with Crippen LogP contribution in [0.2, 0.25) is 0 Å². The highest BCUT2D eigenvalue weighted by atomic mass is 16.6. The van der Waals surface area contributed by atoms with Gasteiger partial charge >= 0.3 is 0 Å². The van der Waals surface area contributed by atoms with Crippen molar-refractivity contribution < 1.29 is 14.5 Å². The zero-order chi connectivity index (χ0) is 15.0. The normalized spacial score (nSPS) is 10.6. The predicted molar refractivity (Wildman–Crippen MR) is 73.8 cm³/mol. The molecule has 0 aliphatic carbocycles. The average molecular weight is 279 g/mol. The Bertz CT molecular complexity index is 483. The summed E-state index contributed by atoms with van der Waals surface area (Å²) < 4.78 is 5.18. The summed E-state index contributed by atoms with van der Waals surface area (Å²) >= 11 is 0. The van der Waals surface area contributed by atoms with Gasteiger partial charge in [-0.1, -0.05) is 19.9 Å². The summed E-state index contributed by atoms with van der Waals surface area (Å²) in [5.41, 5.74) is 5.03. The Hall–Kier alpha value is -2.57. The molecule has 0 atom stereocenters. The van der Waals surface area contributed by atoms with Crippen LogP contribution in [0.4, 0.5) is 5.69 Å². The number of ether oxygens (including phenoxy) is 1. The van der Waals surface area contributed by atoms with Gasteiger partial charge in [-0.05, 0) is 18.1 Å². The molecule has 0 aromatic heterocycles. The van der Waals surface area contributed by atoms with Crippen LogP contribution in [0.1, 0.15) is 13.8 Å². The second-order valence-electron chi connectivity index (χ2n) is 4.34. The molecular formula is C13H17N3O4. The molecular weight excluding hydrogens is 262 g/mol. The van der Waals surface area contributed by atoms with Crippen molar-refractivity contribution in [3.63, 3.8) is 0 Å². The summed E-state index contributed by atoms with van der Waals surface area (Å²) in [6, 6.07) is 5.52. The lowest BCUT2D eigenvalue weighted by Gasteiger charge is -2.07. The first-order valence-corrected chi connectivity index (χ1v) is 6.07. The van der Waals surface area contributed by atoms with Crippen LogP contribution in [0.5, 0.6) is 5.75 Å². The SMILES string of the molecule is CC(C)/C=C\NNC(=O)COc1ccc([N+](=O)[O-])cc1. The van der Waals surface area contributed by atoms with Crippen LogP contribution in [0.3, 0.4) is 0 Å². The van der Waals surface area contributed by atoms with Gasteiger partial charge in [0, 0.05) is 18.3 Å². The number of benzene rings is 1. The Labute approximate surface area is 116 Å². The van der Waals surface area contributed by atoms with Gasteiger partial charge in [0.1, 0.15) is 5.75 Å². The number of non-ortho nitro benzene ring substituents is 1. The van der Waals surface area contributed by atoms with E-state index in [1.807, 2.05) is 19.9 Å². The molecule has 0 fully saturated rings. The third kappa shape index (κ3) is 5.85. The predicted octanol–water partition coefficient (Wildman–Crippen LogP) is 1.76. The number of nitrogens with zero attached hydrogens (tertiary/aromatic N) is 1. The number of nitro groups is 1. The highest BCUT2D eigenvalue weighted by Gasteiger charge is 2.05. The number of hydrogen-bond donors (Lipinski definition) is 2. The van der Waals surface area contributed by atoms with Gasteiger partial charge in [-0.25, -0.2) is 0 Å². The van der Waals surface area contributed by atoms with Crippen LogP contribution >= 0.6 is 0 Å². The molecule has 0 aliphatic heterocycles. The molecule has 20 heavy (non-hydrogen) atoms.